The van der Waals surface area contributed by atoms with E-state index in [4.69, 9.17) is 4.74 Å². The first-order valence-corrected chi connectivity index (χ1v) is 7.09. The molecule has 1 aromatic carbocycles. The summed E-state index contributed by atoms with van der Waals surface area (Å²) in [7, 11) is 1.42. The first-order chi connectivity index (χ1) is 9.72. The number of hydrogen-bond acceptors (Lipinski definition) is 3. The van der Waals surface area contributed by atoms with Crippen LogP contribution < -0.4 is 9.64 Å². The van der Waals surface area contributed by atoms with Gasteiger partial charge in [0, 0.05) is 17.9 Å². The number of methoxy groups -OCH3 is 1. The summed E-state index contributed by atoms with van der Waals surface area (Å²) in [6.07, 6.45) is -6.55. The highest BCUT2D eigenvalue weighted by molar-refractivity contribution is 9.09. The lowest BCUT2D eigenvalue weighted by molar-refractivity contribution is -0.170. The largest absolute Gasteiger partial charge is 0.497 e. The van der Waals surface area contributed by atoms with Crippen LogP contribution >= 0.6 is 15.9 Å². The van der Waals surface area contributed by atoms with Gasteiger partial charge in [-0.2, -0.15) is 13.2 Å². The second-order valence-corrected chi connectivity index (χ2v) is 4.94. The Labute approximate surface area is 128 Å². The average Bonchev–Trinajstić information content (AvgIpc) is 2.42. The Kier molecular flexibility index (Phi) is 6.03. The molecule has 8 heteroatoms. The Morgan fingerprint density at radius 2 is 1.90 bits per heavy atom. The Morgan fingerprint density at radius 1 is 1.38 bits per heavy atom. The van der Waals surface area contributed by atoms with Gasteiger partial charge in [0.1, 0.15) is 5.75 Å². The number of nitrogens with zero attached hydrogens (tertiary/aromatic N) is 1. The van der Waals surface area contributed by atoms with Crippen molar-refractivity contribution in [2.45, 2.75) is 25.2 Å². The summed E-state index contributed by atoms with van der Waals surface area (Å²) >= 11 is 2.81. The van der Waals surface area contributed by atoms with Gasteiger partial charge in [0.25, 0.3) is 0 Å². The number of benzene rings is 1. The van der Waals surface area contributed by atoms with E-state index >= 15 is 0 Å². The molecule has 0 saturated carbocycles. The van der Waals surface area contributed by atoms with Gasteiger partial charge in [-0.05, 0) is 24.3 Å². The summed E-state index contributed by atoms with van der Waals surface area (Å²) in [5.74, 6) is -0.366. The van der Waals surface area contributed by atoms with Crippen LogP contribution in [0.25, 0.3) is 0 Å². The zero-order valence-electron chi connectivity index (χ0n) is 11.4. The van der Waals surface area contributed by atoms with E-state index in [1.165, 1.54) is 31.4 Å². The van der Waals surface area contributed by atoms with Crippen molar-refractivity contribution >= 4 is 27.5 Å². The molecule has 1 rings (SSSR count). The Morgan fingerprint density at radius 3 is 2.24 bits per heavy atom. The number of aliphatic hydroxyl groups is 1. The van der Waals surface area contributed by atoms with Crippen LogP contribution in [-0.4, -0.2) is 41.8 Å². The van der Waals surface area contributed by atoms with Crippen molar-refractivity contribution in [3.63, 3.8) is 0 Å². The van der Waals surface area contributed by atoms with E-state index in [2.05, 4.69) is 15.9 Å². The fourth-order valence-electron chi connectivity index (χ4n) is 1.90. The van der Waals surface area contributed by atoms with Crippen LogP contribution in [0.5, 0.6) is 5.75 Å². The number of amides is 1. The van der Waals surface area contributed by atoms with Crippen LogP contribution in [0.4, 0.5) is 18.9 Å². The quantitative estimate of drug-likeness (QED) is 0.811. The third kappa shape index (κ3) is 4.34. The van der Waals surface area contributed by atoms with Gasteiger partial charge in [0.05, 0.1) is 13.2 Å². The SMILES string of the molecule is COc1ccc(N(C(C)=O)[C@H](C(O)CBr)C(F)(F)F)cc1. The van der Waals surface area contributed by atoms with E-state index in [-0.39, 0.29) is 11.0 Å². The lowest BCUT2D eigenvalue weighted by Crippen LogP contribution is -2.55. The number of halogens is 4. The first-order valence-electron chi connectivity index (χ1n) is 5.97. The number of aliphatic hydroxyl groups excluding tert-OH is 1. The lowest BCUT2D eigenvalue weighted by Gasteiger charge is -2.35. The van der Waals surface area contributed by atoms with E-state index in [0.717, 1.165) is 6.92 Å². The first kappa shape index (κ1) is 17.8. The topological polar surface area (TPSA) is 49.8 Å². The van der Waals surface area contributed by atoms with Crippen molar-refractivity contribution < 1.29 is 27.8 Å². The monoisotopic (exact) mass is 369 g/mol. The minimum Gasteiger partial charge on any atom is -0.497 e. The molecule has 0 aromatic heterocycles. The van der Waals surface area contributed by atoms with Gasteiger partial charge in [0.15, 0.2) is 6.04 Å². The molecule has 1 unspecified atom stereocenters. The van der Waals surface area contributed by atoms with Gasteiger partial charge in [-0.3, -0.25) is 9.69 Å². The summed E-state index contributed by atoms with van der Waals surface area (Å²) in [6.45, 7) is 1.02. The molecule has 0 spiro atoms. The molecule has 2 atom stereocenters. The molecule has 4 nitrogen and oxygen atoms in total. The van der Waals surface area contributed by atoms with Crippen molar-refractivity contribution in [3.05, 3.63) is 24.3 Å². The van der Waals surface area contributed by atoms with Gasteiger partial charge in [-0.15, -0.1) is 0 Å². The summed E-state index contributed by atoms with van der Waals surface area (Å²) in [5, 5.41) is 9.34. The third-order valence-corrected chi connectivity index (χ3v) is 3.49. The molecule has 0 aliphatic heterocycles. The number of alkyl halides is 4. The van der Waals surface area contributed by atoms with Crippen LogP contribution in [0.1, 0.15) is 6.92 Å². The van der Waals surface area contributed by atoms with Crippen molar-refractivity contribution in [2.75, 3.05) is 17.3 Å². The molecule has 1 N–H and O–H groups in total. The number of rotatable bonds is 5. The number of ether oxygens (including phenoxy) is 1. The highest BCUT2D eigenvalue weighted by Crippen LogP contribution is 2.32. The van der Waals surface area contributed by atoms with Gasteiger partial charge in [-0.1, -0.05) is 15.9 Å². The van der Waals surface area contributed by atoms with Crippen LogP contribution in [0.3, 0.4) is 0 Å². The Hall–Kier alpha value is -1.28. The fraction of sp³-hybridized carbons (Fsp3) is 0.462. The summed E-state index contributed by atoms with van der Waals surface area (Å²) in [5.41, 5.74) is 0.0330. The zero-order chi connectivity index (χ0) is 16.2. The highest BCUT2D eigenvalue weighted by atomic mass is 79.9. The van der Waals surface area contributed by atoms with Crippen LogP contribution in [0.2, 0.25) is 0 Å². The summed E-state index contributed by atoms with van der Waals surface area (Å²) in [4.78, 5) is 12.2. The standard InChI is InChI=1S/C13H15BrF3NO3/c1-8(19)18(9-3-5-10(21-2)6-4-9)12(11(20)7-14)13(15,16)17/h3-6,11-12,20H,7H2,1-2H3/t11?,12-/m1/s1. The zero-order valence-corrected chi connectivity index (χ0v) is 13.0. The van der Waals surface area contributed by atoms with Crippen molar-refractivity contribution in [2.24, 2.45) is 0 Å². The molecule has 1 aromatic rings. The lowest BCUT2D eigenvalue weighted by atomic mass is 10.1. The maximum absolute atomic E-state index is 13.2. The molecule has 0 saturated heterocycles. The van der Waals surface area contributed by atoms with Gasteiger partial charge >= 0.3 is 6.18 Å². The van der Waals surface area contributed by atoms with Crippen molar-refractivity contribution in [3.8, 4) is 5.75 Å². The minimum atomic E-state index is -4.77. The molecule has 1 amide bonds. The molecule has 0 aliphatic carbocycles. The van der Waals surface area contributed by atoms with Crippen LogP contribution in [-0.2, 0) is 4.79 Å². The van der Waals surface area contributed by atoms with Crippen molar-refractivity contribution in [1.82, 2.24) is 0 Å². The number of carbonyl (C=O) groups excluding carboxylic acids is 1. The normalized spacial score (nSPS) is 14.4. The molecule has 0 radical (unpaired) electrons. The Bertz CT molecular complexity index is 479. The van der Waals surface area contributed by atoms with E-state index in [1.54, 1.807) is 0 Å². The van der Waals surface area contributed by atoms with Crippen LogP contribution in [0.15, 0.2) is 24.3 Å². The summed E-state index contributed by atoms with van der Waals surface area (Å²) < 4.78 is 44.5. The van der Waals surface area contributed by atoms with E-state index in [1.807, 2.05) is 0 Å². The minimum absolute atomic E-state index is 0.0330. The number of hydrogen-bond donors (Lipinski definition) is 1. The predicted molar refractivity (Wildman–Crippen MR) is 75.8 cm³/mol. The maximum atomic E-state index is 13.2. The molecule has 0 fully saturated rings. The third-order valence-electron chi connectivity index (χ3n) is 2.83. The van der Waals surface area contributed by atoms with Gasteiger partial charge < -0.3 is 9.84 Å². The molecular formula is C13H15BrF3NO3. The van der Waals surface area contributed by atoms with Gasteiger partial charge in [0.2, 0.25) is 5.91 Å². The molecule has 21 heavy (non-hydrogen) atoms. The fourth-order valence-corrected chi connectivity index (χ4v) is 2.26. The second-order valence-electron chi connectivity index (χ2n) is 4.30. The van der Waals surface area contributed by atoms with E-state index in [0.29, 0.717) is 10.6 Å². The van der Waals surface area contributed by atoms with E-state index < -0.39 is 24.2 Å². The predicted octanol–water partition coefficient (Wildman–Crippen LogP) is 2.73. The van der Waals surface area contributed by atoms with Crippen LogP contribution in [0, 0.1) is 0 Å². The summed E-state index contributed by atoms with van der Waals surface area (Å²) in [6, 6.07) is 3.22. The average molecular weight is 370 g/mol. The molecule has 0 bridgehead atoms. The van der Waals surface area contributed by atoms with Crippen molar-refractivity contribution in [1.29, 1.82) is 0 Å². The number of carbonyl (C=O) groups is 1. The number of anilines is 1. The van der Waals surface area contributed by atoms with E-state index in [9.17, 15) is 23.1 Å². The molecular weight excluding hydrogens is 355 g/mol. The smallest absolute Gasteiger partial charge is 0.411 e. The molecule has 0 aliphatic rings. The Balaban J connectivity index is 3.27. The highest BCUT2D eigenvalue weighted by Gasteiger charge is 2.49. The maximum Gasteiger partial charge on any atom is 0.411 e. The molecule has 118 valence electrons. The second kappa shape index (κ2) is 7.13. The molecule has 0 heterocycles. The van der Waals surface area contributed by atoms with Gasteiger partial charge in [-0.25, -0.2) is 0 Å².